The normalized spacial score (nSPS) is 12.2. The topological polar surface area (TPSA) is 91.8 Å². The number of carbonyl (C=O) groups is 1. The van der Waals surface area contributed by atoms with Crippen LogP contribution in [0.25, 0.3) is 0 Å². The summed E-state index contributed by atoms with van der Waals surface area (Å²) < 4.78 is 10.8. The zero-order chi connectivity index (χ0) is 18.9. The highest BCUT2D eigenvalue weighted by molar-refractivity contribution is 14.0. The van der Waals surface area contributed by atoms with Gasteiger partial charge in [0, 0.05) is 25.2 Å². The molecule has 8 heteroatoms. The van der Waals surface area contributed by atoms with Crippen LogP contribution >= 0.6 is 24.0 Å². The first-order valence-electron chi connectivity index (χ1n) is 8.94. The number of rotatable bonds is 8. The van der Waals surface area contributed by atoms with E-state index in [2.05, 4.69) is 20.9 Å². The van der Waals surface area contributed by atoms with Gasteiger partial charge in [0.15, 0.2) is 11.7 Å². The van der Waals surface area contributed by atoms with Gasteiger partial charge in [0.1, 0.15) is 11.5 Å². The average Bonchev–Trinajstić information content (AvgIpc) is 3.22. The summed E-state index contributed by atoms with van der Waals surface area (Å²) in [5.74, 6) is 2.66. The van der Waals surface area contributed by atoms with E-state index in [1.54, 1.807) is 6.07 Å². The monoisotopic (exact) mass is 488 g/mol. The predicted octanol–water partition coefficient (Wildman–Crippen LogP) is 3.54. The van der Waals surface area contributed by atoms with E-state index in [-0.39, 0.29) is 35.9 Å². The Kier molecular flexibility index (Phi) is 9.98. The molecule has 0 fully saturated rings. The highest BCUT2D eigenvalue weighted by Crippen LogP contribution is 2.15. The second kappa shape index (κ2) is 11.7. The first kappa shape index (κ1) is 23.1. The van der Waals surface area contributed by atoms with E-state index in [0.29, 0.717) is 18.8 Å². The number of amides is 1. The Hall–Kier alpha value is -1.97. The maximum absolute atomic E-state index is 12.0. The number of nitrogens with zero attached hydrogens (tertiary/aromatic N) is 1. The van der Waals surface area contributed by atoms with Crippen molar-refractivity contribution in [3.05, 3.63) is 47.3 Å². The van der Waals surface area contributed by atoms with Crippen LogP contribution in [0.1, 0.15) is 53.9 Å². The van der Waals surface area contributed by atoms with Crippen LogP contribution in [0.3, 0.4) is 0 Å². The number of carbonyl (C=O) groups excluding carboxylic acids is 1. The molecule has 1 atom stereocenters. The summed E-state index contributed by atoms with van der Waals surface area (Å²) >= 11 is 0. The van der Waals surface area contributed by atoms with Gasteiger partial charge in [0.05, 0.1) is 12.3 Å². The Morgan fingerprint density at radius 1 is 1.22 bits per heavy atom. The van der Waals surface area contributed by atoms with Crippen molar-refractivity contribution in [1.29, 1.82) is 0 Å². The van der Waals surface area contributed by atoms with Crippen LogP contribution in [0.4, 0.5) is 0 Å². The second-order valence-corrected chi connectivity index (χ2v) is 6.12. The molecule has 0 aliphatic rings. The number of hydrogen-bond acceptors (Lipinski definition) is 4. The molecule has 2 aromatic heterocycles. The Labute approximate surface area is 177 Å². The lowest BCUT2D eigenvalue weighted by atomic mass is 10.2. The van der Waals surface area contributed by atoms with Gasteiger partial charge in [-0.1, -0.05) is 0 Å². The van der Waals surface area contributed by atoms with Crippen LogP contribution in [-0.2, 0) is 0 Å². The number of aliphatic imine (C=N–C) groups is 1. The third kappa shape index (κ3) is 7.28. The SMILES string of the molecule is CCNC(=NCCCNC(=O)c1occc1C)NC(C)c1ccc(C)o1.I. The third-order valence-electron chi connectivity index (χ3n) is 3.84. The number of furan rings is 2. The van der Waals surface area contributed by atoms with Crippen LogP contribution < -0.4 is 16.0 Å². The number of aryl methyl sites for hydroxylation is 2. The van der Waals surface area contributed by atoms with E-state index in [4.69, 9.17) is 8.83 Å². The van der Waals surface area contributed by atoms with Gasteiger partial charge in [-0.05, 0) is 52.3 Å². The largest absolute Gasteiger partial charge is 0.464 e. The molecule has 150 valence electrons. The van der Waals surface area contributed by atoms with Gasteiger partial charge in [-0.3, -0.25) is 9.79 Å². The molecule has 0 saturated heterocycles. The summed E-state index contributed by atoms with van der Waals surface area (Å²) in [5, 5.41) is 9.38. The second-order valence-electron chi connectivity index (χ2n) is 6.12. The Bertz CT molecular complexity index is 739. The highest BCUT2D eigenvalue weighted by Gasteiger charge is 2.12. The molecular formula is C19H29IN4O3. The van der Waals surface area contributed by atoms with Gasteiger partial charge in [0.25, 0.3) is 5.91 Å². The molecule has 0 saturated carbocycles. The molecule has 0 aliphatic heterocycles. The summed E-state index contributed by atoms with van der Waals surface area (Å²) in [7, 11) is 0. The van der Waals surface area contributed by atoms with Gasteiger partial charge in [-0.15, -0.1) is 24.0 Å². The van der Waals surface area contributed by atoms with Gasteiger partial charge in [-0.2, -0.15) is 0 Å². The van der Waals surface area contributed by atoms with Crippen molar-refractivity contribution in [2.75, 3.05) is 19.6 Å². The van der Waals surface area contributed by atoms with Crippen molar-refractivity contribution in [3.8, 4) is 0 Å². The summed E-state index contributed by atoms with van der Waals surface area (Å²) in [4.78, 5) is 16.5. The minimum absolute atomic E-state index is 0. The van der Waals surface area contributed by atoms with E-state index in [9.17, 15) is 4.79 Å². The summed E-state index contributed by atoms with van der Waals surface area (Å²) in [6, 6.07) is 5.70. The van der Waals surface area contributed by atoms with Crippen LogP contribution in [0, 0.1) is 13.8 Å². The summed E-state index contributed by atoms with van der Waals surface area (Å²) in [6.45, 7) is 9.71. The van der Waals surface area contributed by atoms with Crippen molar-refractivity contribution in [1.82, 2.24) is 16.0 Å². The molecular weight excluding hydrogens is 459 g/mol. The average molecular weight is 488 g/mol. The molecule has 0 radical (unpaired) electrons. The summed E-state index contributed by atoms with van der Waals surface area (Å²) in [5.41, 5.74) is 0.835. The first-order chi connectivity index (χ1) is 12.5. The Morgan fingerprint density at radius 3 is 2.59 bits per heavy atom. The van der Waals surface area contributed by atoms with Gasteiger partial charge < -0.3 is 24.8 Å². The molecule has 2 heterocycles. The van der Waals surface area contributed by atoms with Crippen LogP contribution in [0.15, 0.2) is 38.3 Å². The zero-order valence-corrected chi connectivity index (χ0v) is 18.6. The molecule has 1 unspecified atom stereocenters. The van der Waals surface area contributed by atoms with Crippen molar-refractivity contribution in [2.24, 2.45) is 4.99 Å². The maximum Gasteiger partial charge on any atom is 0.287 e. The smallest absolute Gasteiger partial charge is 0.287 e. The molecule has 0 aromatic carbocycles. The molecule has 1 amide bonds. The fourth-order valence-electron chi connectivity index (χ4n) is 2.44. The lowest BCUT2D eigenvalue weighted by molar-refractivity contribution is 0.0925. The van der Waals surface area contributed by atoms with Gasteiger partial charge >= 0.3 is 0 Å². The predicted molar refractivity (Wildman–Crippen MR) is 117 cm³/mol. The molecule has 0 aliphatic carbocycles. The van der Waals surface area contributed by atoms with E-state index in [1.165, 1.54) is 6.26 Å². The number of halogens is 1. The van der Waals surface area contributed by atoms with E-state index in [1.807, 2.05) is 39.8 Å². The zero-order valence-electron chi connectivity index (χ0n) is 16.3. The van der Waals surface area contributed by atoms with Crippen LogP contribution in [0.5, 0.6) is 0 Å². The number of guanidine groups is 1. The number of hydrogen-bond donors (Lipinski definition) is 3. The van der Waals surface area contributed by atoms with Crippen molar-refractivity contribution in [2.45, 2.75) is 40.2 Å². The van der Waals surface area contributed by atoms with E-state index < -0.39 is 0 Å². The standard InChI is InChI=1S/C19H28N4O3.HI/c1-5-20-19(23-15(4)16-8-7-14(3)26-16)22-11-6-10-21-18(24)17-13(2)9-12-25-17;/h7-9,12,15H,5-6,10-11H2,1-4H3,(H,21,24)(H2,20,22,23);1H. The third-order valence-corrected chi connectivity index (χ3v) is 3.84. The van der Waals surface area contributed by atoms with Crippen molar-refractivity contribution >= 4 is 35.8 Å². The fraction of sp³-hybridized carbons (Fsp3) is 0.474. The Morgan fingerprint density at radius 2 is 2.00 bits per heavy atom. The first-order valence-corrected chi connectivity index (χ1v) is 8.94. The quantitative estimate of drug-likeness (QED) is 0.229. The minimum atomic E-state index is -0.191. The summed E-state index contributed by atoms with van der Waals surface area (Å²) in [6.07, 6.45) is 2.25. The molecule has 2 rings (SSSR count). The Balaban J connectivity index is 0.00000364. The molecule has 3 N–H and O–H groups in total. The highest BCUT2D eigenvalue weighted by atomic mass is 127. The molecule has 0 spiro atoms. The lowest BCUT2D eigenvalue weighted by Gasteiger charge is -2.16. The van der Waals surface area contributed by atoms with Crippen LogP contribution in [-0.4, -0.2) is 31.5 Å². The molecule has 27 heavy (non-hydrogen) atoms. The van der Waals surface area contributed by atoms with E-state index >= 15 is 0 Å². The van der Waals surface area contributed by atoms with Crippen molar-refractivity contribution in [3.63, 3.8) is 0 Å². The van der Waals surface area contributed by atoms with Crippen LogP contribution in [0.2, 0.25) is 0 Å². The molecule has 7 nitrogen and oxygen atoms in total. The molecule has 0 bridgehead atoms. The lowest BCUT2D eigenvalue weighted by Crippen LogP contribution is -2.38. The van der Waals surface area contributed by atoms with Gasteiger partial charge in [-0.25, -0.2) is 0 Å². The van der Waals surface area contributed by atoms with Crippen molar-refractivity contribution < 1.29 is 13.6 Å². The fourth-order valence-corrected chi connectivity index (χ4v) is 2.44. The maximum atomic E-state index is 12.0. The minimum Gasteiger partial charge on any atom is -0.464 e. The molecule has 2 aromatic rings. The number of nitrogens with one attached hydrogen (secondary N) is 3. The van der Waals surface area contributed by atoms with E-state index in [0.717, 1.165) is 36.0 Å². The van der Waals surface area contributed by atoms with Gasteiger partial charge in [0.2, 0.25) is 0 Å².